The summed E-state index contributed by atoms with van der Waals surface area (Å²) in [5.41, 5.74) is 0.367. The summed E-state index contributed by atoms with van der Waals surface area (Å²) in [6.45, 7) is 2.72. The number of nitrogens with zero attached hydrogens (tertiary/aromatic N) is 1. The van der Waals surface area contributed by atoms with Crippen LogP contribution >= 0.6 is 12.4 Å². The Bertz CT molecular complexity index is 497. The van der Waals surface area contributed by atoms with E-state index in [1.54, 1.807) is 0 Å². The molecule has 1 fully saturated rings. The Kier molecular flexibility index (Phi) is 9.56. The summed E-state index contributed by atoms with van der Waals surface area (Å²) in [6.07, 6.45) is 3.63. The zero-order valence-electron chi connectivity index (χ0n) is 13.6. The van der Waals surface area contributed by atoms with Crippen molar-refractivity contribution in [2.24, 2.45) is 0 Å². The average Bonchev–Trinajstić information content (AvgIpc) is 2.97. The summed E-state index contributed by atoms with van der Waals surface area (Å²) in [6, 6.07) is 9.61. The van der Waals surface area contributed by atoms with Gasteiger partial charge in [0.05, 0.1) is 12.0 Å². The number of carboxylic acid groups (broad SMARTS) is 1. The molecule has 4 heteroatoms. The van der Waals surface area contributed by atoms with Crippen LogP contribution in [0.1, 0.15) is 38.2 Å². The number of aliphatic carboxylic acids is 1. The van der Waals surface area contributed by atoms with Gasteiger partial charge in [-0.05, 0) is 39.4 Å². The molecule has 0 aliphatic heterocycles. The van der Waals surface area contributed by atoms with Gasteiger partial charge in [-0.15, -0.1) is 18.3 Å². The van der Waals surface area contributed by atoms with Crippen molar-refractivity contribution < 1.29 is 9.90 Å². The lowest BCUT2D eigenvalue weighted by Crippen LogP contribution is -2.32. The second-order valence-electron chi connectivity index (χ2n) is 5.62. The normalized spacial score (nSPS) is 14.9. The molecule has 0 radical (unpaired) electrons. The summed E-state index contributed by atoms with van der Waals surface area (Å²) in [7, 11) is 4.01. The second-order valence-corrected chi connectivity index (χ2v) is 5.62. The van der Waals surface area contributed by atoms with Crippen LogP contribution in [0.2, 0.25) is 0 Å². The van der Waals surface area contributed by atoms with Crippen LogP contribution in [-0.4, -0.2) is 36.6 Å². The van der Waals surface area contributed by atoms with Crippen molar-refractivity contribution in [3.63, 3.8) is 0 Å². The van der Waals surface area contributed by atoms with Crippen molar-refractivity contribution >= 4 is 18.4 Å². The van der Waals surface area contributed by atoms with Crippen molar-refractivity contribution in [3.05, 3.63) is 35.9 Å². The van der Waals surface area contributed by atoms with Crippen LogP contribution in [0.15, 0.2) is 30.3 Å². The van der Waals surface area contributed by atoms with Crippen molar-refractivity contribution in [2.45, 2.75) is 38.0 Å². The molecule has 122 valence electrons. The molecule has 22 heavy (non-hydrogen) atoms. The minimum atomic E-state index is -0.666. The quantitative estimate of drug-likeness (QED) is 0.864. The number of hydrogen-bond donors (Lipinski definition) is 1. The average molecular weight is 324 g/mol. The highest BCUT2D eigenvalue weighted by molar-refractivity contribution is 5.85. The van der Waals surface area contributed by atoms with Gasteiger partial charge in [-0.3, -0.25) is 9.69 Å². The van der Waals surface area contributed by atoms with Gasteiger partial charge in [0.2, 0.25) is 0 Å². The first-order chi connectivity index (χ1) is 10.0. The highest BCUT2D eigenvalue weighted by Crippen LogP contribution is 2.41. The van der Waals surface area contributed by atoms with Crippen molar-refractivity contribution in [3.8, 4) is 11.8 Å². The molecule has 0 atom stereocenters. The van der Waals surface area contributed by atoms with Gasteiger partial charge in [0.1, 0.15) is 0 Å². The van der Waals surface area contributed by atoms with Crippen LogP contribution in [0, 0.1) is 11.8 Å². The molecule has 1 aromatic rings. The number of hydrogen-bond acceptors (Lipinski definition) is 2. The standard InChI is InChI=1S/C12H14O2.C6H11N.ClH/c13-11(14)12(8-4-5-9-12)10-6-2-1-3-7-10;1-4-5-6-7(2)3;/h1-3,6-7H,4-5,8-9H2,(H,13,14);6H2,1-3H3;1H. The van der Waals surface area contributed by atoms with Crippen LogP contribution in [0.5, 0.6) is 0 Å². The predicted octanol–water partition coefficient (Wildman–Crippen LogP) is 3.58. The van der Waals surface area contributed by atoms with E-state index in [0.29, 0.717) is 0 Å². The predicted molar refractivity (Wildman–Crippen MR) is 93.5 cm³/mol. The molecule has 0 aromatic heterocycles. The second kappa shape index (κ2) is 10.3. The van der Waals surface area contributed by atoms with Crippen molar-refractivity contribution in [1.82, 2.24) is 4.90 Å². The molecule has 0 amide bonds. The fourth-order valence-electron chi connectivity index (χ4n) is 2.60. The van der Waals surface area contributed by atoms with Crippen molar-refractivity contribution in [2.75, 3.05) is 20.6 Å². The molecule has 0 bridgehead atoms. The fraction of sp³-hybridized carbons (Fsp3) is 0.500. The first-order valence-corrected chi connectivity index (χ1v) is 7.36. The van der Waals surface area contributed by atoms with Gasteiger partial charge in [0.15, 0.2) is 0 Å². The van der Waals surface area contributed by atoms with Gasteiger partial charge in [-0.25, -0.2) is 0 Å². The summed E-state index contributed by atoms with van der Waals surface area (Å²) < 4.78 is 0. The Hall–Kier alpha value is -1.50. The maximum atomic E-state index is 11.3. The third-order valence-corrected chi connectivity index (χ3v) is 3.76. The smallest absolute Gasteiger partial charge is 0.314 e. The molecule has 1 saturated carbocycles. The van der Waals surface area contributed by atoms with E-state index in [9.17, 15) is 9.90 Å². The molecular formula is C18H26ClNO2. The maximum absolute atomic E-state index is 11.3. The number of halogens is 1. The number of rotatable bonds is 3. The van der Waals surface area contributed by atoms with Gasteiger partial charge >= 0.3 is 5.97 Å². The minimum absolute atomic E-state index is 0. The minimum Gasteiger partial charge on any atom is -0.481 e. The molecular weight excluding hydrogens is 298 g/mol. The highest BCUT2D eigenvalue weighted by atomic mass is 35.5. The van der Waals surface area contributed by atoms with Gasteiger partial charge in [0, 0.05) is 0 Å². The molecule has 0 spiro atoms. The first-order valence-electron chi connectivity index (χ1n) is 7.36. The molecule has 1 N–H and O–H groups in total. The Morgan fingerprint density at radius 3 is 2.14 bits per heavy atom. The lowest BCUT2D eigenvalue weighted by atomic mass is 9.79. The molecule has 0 saturated heterocycles. The fourth-order valence-corrected chi connectivity index (χ4v) is 2.60. The van der Waals surface area contributed by atoms with Crippen LogP contribution in [-0.2, 0) is 10.2 Å². The molecule has 0 heterocycles. The first kappa shape index (κ1) is 20.5. The third-order valence-electron chi connectivity index (χ3n) is 3.76. The lowest BCUT2D eigenvalue weighted by Gasteiger charge is -2.24. The number of carbonyl (C=O) groups is 1. The summed E-state index contributed by atoms with van der Waals surface area (Å²) in [5, 5.41) is 9.32. The maximum Gasteiger partial charge on any atom is 0.314 e. The molecule has 1 aromatic carbocycles. The van der Waals surface area contributed by atoms with Crippen LogP contribution in [0.3, 0.4) is 0 Å². The topological polar surface area (TPSA) is 40.5 Å². The number of benzene rings is 1. The monoisotopic (exact) mass is 323 g/mol. The van der Waals surface area contributed by atoms with E-state index < -0.39 is 11.4 Å². The van der Waals surface area contributed by atoms with E-state index in [2.05, 4.69) is 11.8 Å². The van der Waals surface area contributed by atoms with Gasteiger partial charge in [-0.2, -0.15) is 0 Å². The van der Waals surface area contributed by atoms with Crippen LogP contribution < -0.4 is 0 Å². The SMILES string of the molecule is CC#CCN(C)C.Cl.O=C(O)C1(c2ccccc2)CCCC1. The van der Waals surface area contributed by atoms with E-state index in [-0.39, 0.29) is 12.4 Å². The largest absolute Gasteiger partial charge is 0.481 e. The van der Waals surface area contributed by atoms with Gasteiger partial charge in [0.25, 0.3) is 0 Å². The summed E-state index contributed by atoms with van der Waals surface area (Å²) >= 11 is 0. The molecule has 3 nitrogen and oxygen atoms in total. The lowest BCUT2D eigenvalue weighted by molar-refractivity contribution is -0.143. The highest BCUT2D eigenvalue weighted by Gasteiger charge is 2.42. The van der Waals surface area contributed by atoms with Crippen LogP contribution in [0.4, 0.5) is 0 Å². The Labute approximate surface area is 140 Å². The Morgan fingerprint density at radius 2 is 1.77 bits per heavy atom. The molecule has 1 aliphatic rings. The van der Waals surface area contributed by atoms with Gasteiger partial charge in [-0.1, -0.05) is 49.1 Å². The van der Waals surface area contributed by atoms with E-state index in [1.165, 1.54) is 0 Å². The van der Waals surface area contributed by atoms with E-state index >= 15 is 0 Å². The summed E-state index contributed by atoms with van der Waals surface area (Å²) in [5.74, 6) is 5.07. The van der Waals surface area contributed by atoms with Crippen LogP contribution in [0.25, 0.3) is 0 Å². The molecule has 1 aliphatic carbocycles. The van der Waals surface area contributed by atoms with E-state index in [1.807, 2.05) is 56.3 Å². The molecule has 2 rings (SSSR count). The van der Waals surface area contributed by atoms with E-state index in [4.69, 9.17) is 0 Å². The zero-order valence-corrected chi connectivity index (χ0v) is 14.4. The summed E-state index contributed by atoms with van der Waals surface area (Å²) in [4.78, 5) is 13.4. The zero-order chi connectivity index (χ0) is 15.7. The Morgan fingerprint density at radius 1 is 1.23 bits per heavy atom. The van der Waals surface area contributed by atoms with Crippen molar-refractivity contribution in [1.29, 1.82) is 0 Å². The Balaban J connectivity index is 0.000000478. The number of carboxylic acids is 1. The third kappa shape index (κ3) is 5.71. The van der Waals surface area contributed by atoms with Gasteiger partial charge < -0.3 is 5.11 Å². The van der Waals surface area contributed by atoms with E-state index in [0.717, 1.165) is 37.8 Å². The molecule has 0 unspecified atom stereocenters.